The summed E-state index contributed by atoms with van der Waals surface area (Å²) in [6, 6.07) is 14.4. The third-order valence-corrected chi connectivity index (χ3v) is 8.21. The number of amides is 2. The van der Waals surface area contributed by atoms with E-state index in [9.17, 15) is 26.8 Å². The van der Waals surface area contributed by atoms with Gasteiger partial charge < -0.3 is 14.4 Å². The van der Waals surface area contributed by atoms with Gasteiger partial charge >= 0.3 is 11.8 Å². The van der Waals surface area contributed by atoms with Gasteiger partial charge in [-0.3, -0.25) is 14.6 Å². The number of aryl methyl sites for hydroxylation is 1. The minimum Gasteiger partial charge on any atom is -0.492 e. The summed E-state index contributed by atoms with van der Waals surface area (Å²) in [4.78, 5) is 32.1. The average Bonchev–Trinajstić information content (AvgIpc) is 3.31. The molecule has 0 spiro atoms. The van der Waals surface area contributed by atoms with Gasteiger partial charge in [0.1, 0.15) is 11.3 Å². The predicted molar refractivity (Wildman–Crippen MR) is 157 cm³/mol. The second-order valence-electron chi connectivity index (χ2n) is 9.92. The lowest BCUT2D eigenvalue weighted by Gasteiger charge is -2.20. The van der Waals surface area contributed by atoms with Gasteiger partial charge in [0, 0.05) is 28.4 Å². The van der Waals surface area contributed by atoms with Crippen LogP contribution >= 0.6 is 0 Å². The first-order valence-corrected chi connectivity index (χ1v) is 15.2. The van der Waals surface area contributed by atoms with E-state index in [1.807, 2.05) is 19.9 Å². The number of alkyl halides is 2. The highest BCUT2D eigenvalue weighted by Crippen LogP contribution is 2.45. The Morgan fingerprint density at radius 3 is 2.40 bits per heavy atom. The van der Waals surface area contributed by atoms with E-state index < -0.39 is 33.2 Å². The van der Waals surface area contributed by atoms with Crippen molar-refractivity contribution in [2.75, 3.05) is 18.1 Å². The van der Waals surface area contributed by atoms with Crippen LogP contribution in [0, 0.1) is 6.92 Å². The van der Waals surface area contributed by atoms with Crippen LogP contribution in [-0.2, 0) is 33.0 Å². The Labute approximate surface area is 247 Å². The molecule has 0 atom stereocenters. The molecule has 0 aliphatic carbocycles. The number of hydrogen-bond donors (Lipinski definition) is 1. The van der Waals surface area contributed by atoms with E-state index in [4.69, 9.17) is 9.47 Å². The summed E-state index contributed by atoms with van der Waals surface area (Å²) in [6.07, 6.45) is 1.64. The predicted octanol–water partition coefficient (Wildman–Crippen LogP) is 5.24. The van der Waals surface area contributed by atoms with E-state index in [1.54, 1.807) is 30.2 Å². The minimum atomic E-state index is -4.47. The van der Waals surface area contributed by atoms with E-state index in [-0.39, 0.29) is 18.0 Å². The fourth-order valence-electron chi connectivity index (χ4n) is 5.18. The molecular weight excluding hydrogens is 580 g/mol. The summed E-state index contributed by atoms with van der Waals surface area (Å²) < 4.78 is 67.9. The minimum absolute atomic E-state index is 0.166. The van der Waals surface area contributed by atoms with Crippen LogP contribution in [0.25, 0.3) is 10.9 Å². The molecule has 4 aromatic rings. The van der Waals surface area contributed by atoms with Gasteiger partial charge in [-0.15, -0.1) is 0 Å². The fourth-order valence-corrected chi connectivity index (χ4v) is 6.28. The fraction of sp³-hybridized carbons (Fsp3) is 0.258. The normalized spacial score (nSPS) is 13.2. The number of anilines is 1. The number of carbonyl (C=O) groups is 2. The van der Waals surface area contributed by atoms with Crippen molar-refractivity contribution in [3.05, 3.63) is 94.7 Å². The molecule has 1 aromatic heterocycles. The Morgan fingerprint density at radius 2 is 1.72 bits per heavy atom. The van der Waals surface area contributed by atoms with Gasteiger partial charge in [-0.05, 0) is 50.1 Å². The first kappa shape index (κ1) is 29.9. The third-order valence-electron chi connectivity index (χ3n) is 7.00. The Balaban J connectivity index is 1.42. The Morgan fingerprint density at radius 1 is 1.02 bits per heavy atom. The molecule has 1 aliphatic rings. The van der Waals surface area contributed by atoms with E-state index >= 15 is 0 Å². The monoisotopic (exact) mass is 609 g/mol. The zero-order valence-electron chi connectivity index (χ0n) is 23.7. The molecule has 12 heteroatoms. The summed E-state index contributed by atoms with van der Waals surface area (Å²) in [7, 11) is -4.47. The largest absolute Gasteiger partial charge is 0.492 e. The van der Waals surface area contributed by atoms with Gasteiger partial charge in [0.2, 0.25) is 10.0 Å². The number of halogens is 2. The van der Waals surface area contributed by atoms with E-state index in [0.717, 1.165) is 12.1 Å². The summed E-state index contributed by atoms with van der Waals surface area (Å²) in [6.45, 7) is 6.22. The summed E-state index contributed by atoms with van der Waals surface area (Å²) in [5.74, 6) is -6.11. The molecular formula is C31H29F2N3O6S. The van der Waals surface area contributed by atoms with Crippen molar-refractivity contribution in [1.29, 1.82) is 0 Å². The van der Waals surface area contributed by atoms with Crippen molar-refractivity contribution in [3.63, 3.8) is 0 Å². The first-order chi connectivity index (χ1) is 20.5. The first-order valence-electron chi connectivity index (χ1n) is 13.6. The molecule has 224 valence electrons. The second kappa shape index (κ2) is 11.6. The van der Waals surface area contributed by atoms with Crippen molar-refractivity contribution < 1.29 is 36.3 Å². The summed E-state index contributed by atoms with van der Waals surface area (Å²) >= 11 is 0. The number of hydrogen-bond acceptors (Lipinski definition) is 7. The van der Waals surface area contributed by atoms with Crippen LogP contribution in [0.2, 0.25) is 0 Å². The van der Waals surface area contributed by atoms with Crippen LogP contribution in [-0.4, -0.2) is 38.4 Å². The Kier molecular flexibility index (Phi) is 8.06. The summed E-state index contributed by atoms with van der Waals surface area (Å²) in [5.41, 5.74) is 2.29. The highest BCUT2D eigenvalue weighted by atomic mass is 32.2. The molecule has 0 radical (unpaired) electrons. The number of aromatic nitrogens is 1. The topological polar surface area (TPSA) is 115 Å². The smallest absolute Gasteiger partial charge is 0.350 e. The van der Waals surface area contributed by atoms with Crippen molar-refractivity contribution in [2.45, 2.75) is 39.0 Å². The molecule has 1 aliphatic heterocycles. The summed E-state index contributed by atoms with van der Waals surface area (Å²) in [5, 5.41) is 0.652. The molecule has 0 saturated carbocycles. The number of fused-ring (bicyclic) bond motifs is 2. The number of ether oxygens (including phenoxy) is 2. The molecule has 9 nitrogen and oxygen atoms in total. The number of carbonyl (C=O) groups excluding carboxylic acids is 2. The van der Waals surface area contributed by atoms with Crippen LogP contribution < -0.4 is 19.1 Å². The molecule has 5 rings (SSSR count). The maximum absolute atomic E-state index is 14.6. The highest BCUT2D eigenvalue weighted by molar-refractivity contribution is 7.89. The number of rotatable bonds is 10. The standard InChI is InChI=1S/C31H29F2N3O6S/c1-4-41-27-22-12-9-15-34-26(22)28(42-5-2)23-17-36(29(37)25(23)27)24-14-13-20(16-19(24)3)18-43(39,40)35-30(38)31(32,33)21-10-7-6-8-11-21/h6-16H,4-5,17-18H2,1-3H3,(H,35,38). The quantitative estimate of drug-likeness (QED) is 0.262. The molecule has 1 N–H and O–H groups in total. The van der Waals surface area contributed by atoms with Crippen molar-refractivity contribution in [2.24, 2.45) is 0 Å². The molecule has 2 heterocycles. The lowest BCUT2D eigenvalue weighted by atomic mass is 10.0. The zero-order chi connectivity index (χ0) is 30.9. The van der Waals surface area contributed by atoms with Crippen molar-refractivity contribution >= 4 is 38.4 Å². The van der Waals surface area contributed by atoms with Gasteiger partial charge in [0.15, 0.2) is 5.75 Å². The van der Waals surface area contributed by atoms with Crippen LogP contribution in [0.15, 0.2) is 66.9 Å². The van der Waals surface area contributed by atoms with Gasteiger partial charge in [0.25, 0.3) is 5.91 Å². The van der Waals surface area contributed by atoms with Crippen molar-refractivity contribution in [3.8, 4) is 11.5 Å². The molecule has 0 bridgehead atoms. The molecule has 2 amide bonds. The number of nitrogens with one attached hydrogen (secondary N) is 1. The van der Waals surface area contributed by atoms with Gasteiger partial charge in [0.05, 0.1) is 31.1 Å². The van der Waals surface area contributed by atoms with Gasteiger partial charge in [-0.25, -0.2) is 13.1 Å². The maximum Gasteiger partial charge on any atom is 0.350 e. The zero-order valence-corrected chi connectivity index (χ0v) is 24.5. The molecule has 43 heavy (non-hydrogen) atoms. The van der Waals surface area contributed by atoms with Crippen LogP contribution in [0.4, 0.5) is 14.5 Å². The SMILES string of the molecule is CCOc1c2c(c(OCC)c3ncccc13)CN(c1ccc(CS(=O)(=O)NC(=O)C(F)(F)c3ccccc3)cc1C)C2=O. The Hall–Kier alpha value is -4.58. The Bertz CT molecular complexity index is 1830. The lowest BCUT2D eigenvalue weighted by Crippen LogP contribution is -2.42. The average molecular weight is 610 g/mol. The van der Waals surface area contributed by atoms with E-state index in [0.29, 0.717) is 58.0 Å². The van der Waals surface area contributed by atoms with Gasteiger partial charge in [-0.2, -0.15) is 8.78 Å². The molecule has 0 saturated heterocycles. The van der Waals surface area contributed by atoms with E-state index in [2.05, 4.69) is 4.98 Å². The molecule has 0 unspecified atom stereocenters. The maximum atomic E-state index is 14.6. The number of benzene rings is 3. The van der Waals surface area contributed by atoms with Crippen LogP contribution in [0.1, 0.15) is 46.5 Å². The number of nitrogens with zero attached hydrogens (tertiary/aromatic N) is 2. The molecule has 3 aromatic carbocycles. The highest BCUT2D eigenvalue weighted by Gasteiger charge is 2.43. The number of sulfonamides is 1. The molecule has 0 fully saturated rings. The number of pyridine rings is 1. The van der Waals surface area contributed by atoms with Gasteiger partial charge in [-0.1, -0.05) is 42.5 Å². The van der Waals surface area contributed by atoms with E-state index in [1.165, 1.54) is 35.1 Å². The second-order valence-corrected chi connectivity index (χ2v) is 11.6. The van der Waals surface area contributed by atoms with Crippen molar-refractivity contribution in [1.82, 2.24) is 9.71 Å². The lowest BCUT2D eigenvalue weighted by molar-refractivity contribution is -0.144. The van der Waals surface area contributed by atoms with Crippen LogP contribution in [0.5, 0.6) is 11.5 Å². The third kappa shape index (κ3) is 5.62. The van der Waals surface area contributed by atoms with Crippen LogP contribution in [0.3, 0.4) is 0 Å².